The first-order chi connectivity index (χ1) is 16.2. The van der Waals surface area contributed by atoms with Gasteiger partial charge in [-0.05, 0) is 62.8 Å². The number of ether oxygens (including phenoxy) is 3. The topological polar surface area (TPSA) is 88.5 Å². The number of methoxy groups -OCH3 is 1. The predicted octanol–water partition coefficient (Wildman–Crippen LogP) is 4.55. The normalized spacial score (nSPS) is 27.6. The summed E-state index contributed by atoms with van der Waals surface area (Å²) in [6.45, 7) is 8.43. The molecule has 0 spiro atoms. The molecular formula is C27H33NO6. The van der Waals surface area contributed by atoms with E-state index in [-0.39, 0.29) is 35.0 Å². The van der Waals surface area contributed by atoms with Crippen molar-refractivity contribution in [3.8, 4) is 17.2 Å². The maximum Gasteiger partial charge on any atom is 0.339 e. The third-order valence-corrected chi connectivity index (χ3v) is 7.78. The van der Waals surface area contributed by atoms with Gasteiger partial charge in [0.15, 0.2) is 11.5 Å². The van der Waals surface area contributed by atoms with E-state index in [9.17, 15) is 15.0 Å². The minimum atomic E-state index is -1.11. The molecule has 2 aromatic rings. The molecule has 0 aromatic heterocycles. The Morgan fingerprint density at radius 3 is 2.82 bits per heavy atom. The lowest BCUT2D eigenvalue weighted by molar-refractivity contribution is -0.188. The molecule has 7 nitrogen and oxygen atoms in total. The number of carbonyl (C=O) groups is 1. The maximum absolute atomic E-state index is 11.5. The summed E-state index contributed by atoms with van der Waals surface area (Å²) in [6.07, 6.45) is 2.10. The number of rotatable bonds is 4. The van der Waals surface area contributed by atoms with Crippen LogP contribution in [0.15, 0.2) is 30.3 Å². The van der Waals surface area contributed by atoms with Crippen molar-refractivity contribution in [2.24, 2.45) is 11.8 Å². The number of piperidine rings is 1. The van der Waals surface area contributed by atoms with Gasteiger partial charge in [-0.2, -0.15) is 0 Å². The number of carboxylic acids is 1. The zero-order valence-electron chi connectivity index (χ0n) is 20.2. The van der Waals surface area contributed by atoms with Gasteiger partial charge in [0.25, 0.3) is 0 Å². The second-order valence-corrected chi connectivity index (χ2v) is 10.4. The Balaban J connectivity index is 1.35. The average molecular weight is 468 g/mol. The number of aromatic carboxylic acids is 1. The molecule has 0 saturated carbocycles. The van der Waals surface area contributed by atoms with E-state index in [4.69, 9.17) is 14.2 Å². The molecule has 7 heteroatoms. The van der Waals surface area contributed by atoms with Crippen LogP contribution >= 0.6 is 0 Å². The zero-order chi connectivity index (χ0) is 24.2. The molecule has 0 amide bonds. The highest BCUT2D eigenvalue weighted by Gasteiger charge is 2.51. The number of hydrogen-bond donors (Lipinski definition) is 2. The number of phenols is 1. The molecule has 34 heavy (non-hydrogen) atoms. The number of aryl methyl sites for hydroxylation is 1. The Labute approximate surface area is 200 Å². The molecule has 0 radical (unpaired) electrons. The highest BCUT2D eigenvalue weighted by Crippen LogP contribution is 2.55. The van der Waals surface area contributed by atoms with Gasteiger partial charge in [0.2, 0.25) is 0 Å². The second-order valence-electron chi connectivity index (χ2n) is 10.4. The van der Waals surface area contributed by atoms with Crippen molar-refractivity contribution in [1.29, 1.82) is 0 Å². The van der Waals surface area contributed by atoms with Gasteiger partial charge in [-0.3, -0.25) is 4.90 Å². The SMILES string of the molecule is COc1cccc2c1OC(C)(C)[C@H]1C[C@@H]3CN(Cc4cc(C)c(O)c(C(=O)O)c4)CC[C@@H]3O[C@H]21. The number of fused-ring (bicyclic) bond motifs is 4. The lowest BCUT2D eigenvalue weighted by Gasteiger charge is -2.53. The van der Waals surface area contributed by atoms with Crippen LogP contribution in [0.25, 0.3) is 0 Å². The van der Waals surface area contributed by atoms with Gasteiger partial charge in [0.05, 0.1) is 19.3 Å². The summed E-state index contributed by atoms with van der Waals surface area (Å²) in [7, 11) is 1.67. The van der Waals surface area contributed by atoms with Gasteiger partial charge in [-0.15, -0.1) is 0 Å². The van der Waals surface area contributed by atoms with Crippen LogP contribution in [-0.2, 0) is 11.3 Å². The fourth-order valence-corrected chi connectivity index (χ4v) is 6.04. The molecular weight excluding hydrogens is 434 g/mol. The number of para-hydroxylation sites is 1. The third-order valence-electron chi connectivity index (χ3n) is 7.78. The summed E-state index contributed by atoms with van der Waals surface area (Å²) in [4.78, 5) is 13.9. The van der Waals surface area contributed by atoms with Crippen molar-refractivity contribution in [3.05, 3.63) is 52.6 Å². The minimum absolute atomic E-state index is 0.0143. The van der Waals surface area contributed by atoms with Crippen LogP contribution in [0.3, 0.4) is 0 Å². The van der Waals surface area contributed by atoms with Gasteiger partial charge in [0, 0.05) is 31.1 Å². The molecule has 2 saturated heterocycles. The number of aromatic hydroxyl groups is 1. The Morgan fingerprint density at radius 2 is 2.09 bits per heavy atom. The number of hydrogen-bond acceptors (Lipinski definition) is 6. The summed E-state index contributed by atoms with van der Waals surface area (Å²) in [5.74, 6) is 0.881. The monoisotopic (exact) mass is 467 g/mol. The van der Waals surface area contributed by atoms with Crippen molar-refractivity contribution in [3.63, 3.8) is 0 Å². The largest absolute Gasteiger partial charge is 0.507 e. The fourth-order valence-electron chi connectivity index (χ4n) is 6.04. The van der Waals surface area contributed by atoms with Crippen molar-refractivity contribution >= 4 is 5.97 Å². The molecule has 0 aliphatic carbocycles. The number of likely N-dealkylation sites (tertiary alicyclic amines) is 1. The van der Waals surface area contributed by atoms with Crippen LogP contribution in [0.5, 0.6) is 17.2 Å². The number of nitrogens with zero attached hydrogens (tertiary/aromatic N) is 1. The van der Waals surface area contributed by atoms with E-state index in [2.05, 4.69) is 24.8 Å². The second kappa shape index (κ2) is 8.47. The molecule has 2 aromatic carbocycles. The van der Waals surface area contributed by atoms with Crippen LogP contribution < -0.4 is 9.47 Å². The fraction of sp³-hybridized carbons (Fsp3) is 0.519. The quantitative estimate of drug-likeness (QED) is 0.682. The molecule has 3 aliphatic rings. The molecule has 182 valence electrons. The van der Waals surface area contributed by atoms with E-state index in [1.54, 1.807) is 20.1 Å². The Kier molecular flexibility index (Phi) is 5.73. The van der Waals surface area contributed by atoms with E-state index < -0.39 is 5.97 Å². The van der Waals surface area contributed by atoms with Crippen molar-refractivity contribution in [2.75, 3.05) is 20.2 Å². The van der Waals surface area contributed by atoms with Crippen molar-refractivity contribution < 1.29 is 29.2 Å². The van der Waals surface area contributed by atoms with Crippen LogP contribution in [0, 0.1) is 18.8 Å². The molecule has 0 bridgehead atoms. The van der Waals surface area contributed by atoms with Crippen LogP contribution in [0.1, 0.15) is 59.8 Å². The van der Waals surface area contributed by atoms with Gasteiger partial charge >= 0.3 is 5.97 Å². The Bertz CT molecular complexity index is 1110. The van der Waals surface area contributed by atoms with Crippen LogP contribution in [0.4, 0.5) is 0 Å². The lowest BCUT2D eigenvalue weighted by atomic mass is 9.70. The van der Waals surface area contributed by atoms with Crippen LogP contribution in [-0.4, -0.2) is 53.0 Å². The highest BCUT2D eigenvalue weighted by atomic mass is 16.5. The molecule has 3 heterocycles. The first-order valence-corrected chi connectivity index (χ1v) is 12.0. The maximum atomic E-state index is 11.5. The average Bonchev–Trinajstić information content (AvgIpc) is 2.79. The van der Waals surface area contributed by atoms with E-state index in [0.29, 0.717) is 18.0 Å². The molecule has 5 rings (SSSR count). The summed E-state index contributed by atoms with van der Waals surface area (Å²) >= 11 is 0. The number of carboxylic acid groups (broad SMARTS) is 1. The van der Waals surface area contributed by atoms with Crippen molar-refractivity contribution in [2.45, 2.75) is 58.0 Å². The smallest absolute Gasteiger partial charge is 0.339 e. The van der Waals surface area contributed by atoms with Gasteiger partial charge < -0.3 is 24.4 Å². The van der Waals surface area contributed by atoms with Gasteiger partial charge in [0.1, 0.15) is 16.9 Å². The molecule has 0 unspecified atom stereocenters. The minimum Gasteiger partial charge on any atom is -0.507 e. The van der Waals surface area contributed by atoms with E-state index in [1.807, 2.05) is 18.2 Å². The first-order valence-electron chi connectivity index (χ1n) is 12.0. The summed E-state index contributed by atoms with van der Waals surface area (Å²) in [6, 6.07) is 9.49. The molecule has 2 fully saturated rings. The summed E-state index contributed by atoms with van der Waals surface area (Å²) in [5, 5.41) is 19.5. The van der Waals surface area contributed by atoms with E-state index in [0.717, 1.165) is 48.6 Å². The summed E-state index contributed by atoms with van der Waals surface area (Å²) < 4.78 is 18.8. The Morgan fingerprint density at radius 1 is 1.29 bits per heavy atom. The van der Waals surface area contributed by atoms with Crippen LogP contribution in [0.2, 0.25) is 0 Å². The highest BCUT2D eigenvalue weighted by molar-refractivity contribution is 5.91. The van der Waals surface area contributed by atoms with Gasteiger partial charge in [-0.1, -0.05) is 18.2 Å². The summed E-state index contributed by atoms with van der Waals surface area (Å²) in [5.41, 5.74) is 2.14. The zero-order valence-corrected chi connectivity index (χ0v) is 20.2. The molecule has 3 aliphatic heterocycles. The van der Waals surface area contributed by atoms with E-state index in [1.165, 1.54) is 0 Å². The lowest BCUT2D eigenvalue weighted by Crippen LogP contribution is -2.55. The molecule has 2 N–H and O–H groups in total. The van der Waals surface area contributed by atoms with E-state index >= 15 is 0 Å². The number of benzene rings is 2. The Hall–Kier alpha value is -2.77. The third kappa shape index (κ3) is 3.91. The standard InChI is InChI=1S/C27H33NO6/c1-15-10-16(11-19(23(15)29)26(30)31)13-28-9-8-21-17(14-28)12-20-24(33-21)18-6-5-7-22(32-4)25(18)34-27(20,2)3/h5-7,10-11,17,20-21,24,29H,8-9,12-14H2,1-4H3,(H,30,31)/t17-,20+,21+,24-/m1/s1. The van der Waals surface area contributed by atoms with Crippen molar-refractivity contribution in [1.82, 2.24) is 4.90 Å². The van der Waals surface area contributed by atoms with Gasteiger partial charge in [-0.25, -0.2) is 4.79 Å². The molecule has 4 atom stereocenters. The first kappa shape index (κ1) is 23.0. The predicted molar refractivity (Wildman–Crippen MR) is 127 cm³/mol.